The second-order valence-electron chi connectivity index (χ2n) is 4.75. The van der Waals surface area contributed by atoms with Gasteiger partial charge in [-0.05, 0) is 51.1 Å². The Labute approximate surface area is 127 Å². The zero-order chi connectivity index (χ0) is 15.6. The van der Waals surface area contributed by atoms with E-state index in [0.29, 0.717) is 27.7 Å². The average molecular weight is 307 g/mol. The van der Waals surface area contributed by atoms with E-state index < -0.39 is 12.1 Å². The van der Waals surface area contributed by atoms with E-state index in [1.54, 1.807) is 44.2 Å². The highest BCUT2D eigenvalue weighted by Crippen LogP contribution is 2.17. The standard InChI is InChI=1S/C16H15ClO4/c1-9-8-14(10(2)20-9)16(19)21-11(3)15(18)12-4-6-13(17)7-5-12/h4-8,11H,1-3H3/t11-/m0/s1. The first kappa shape index (κ1) is 15.3. The number of furan rings is 1. The van der Waals surface area contributed by atoms with Crippen LogP contribution in [0.25, 0.3) is 0 Å². The summed E-state index contributed by atoms with van der Waals surface area (Å²) in [6.45, 7) is 4.96. The number of halogens is 1. The predicted molar refractivity (Wildman–Crippen MR) is 78.8 cm³/mol. The summed E-state index contributed by atoms with van der Waals surface area (Å²) in [7, 11) is 0. The molecule has 0 saturated heterocycles. The Morgan fingerprint density at radius 2 is 1.81 bits per heavy atom. The number of hydrogen-bond acceptors (Lipinski definition) is 4. The maximum atomic E-state index is 12.2. The maximum Gasteiger partial charge on any atom is 0.342 e. The monoisotopic (exact) mass is 306 g/mol. The Balaban J connectivity index is 2.08. The second kappa shape index (κ2) is 6.14. The summed E-state index contributed by atoms with van der Waals surface area (Å²) in [5.74, 6) is 0.247. The summed E-state index contributed by atoms with van der Waals surface area (Å²) >= 11 is 5.77. The van der Waals surface area contributed by atoms with E-state index in [4.69, 9.17) is 20.8 Å². The van der Waals surface area contributed by atoms with Crippen LogP contribution in [0.3, 0.4) is 0 Å². The third-order valence-electron chi connectivity index (χ3n) is 3.04. The van der Waals surface area contributed by atoms with Gasteiger partial charge in [0.1, 0.15) is 17.1 Å². The third kappa shape index (κ3) is 3.52. The first-order valence-corrected chi connectivity index (χ1v) is 6.84. The lowest BCUT2D eigenvalue weighted by Gasteiger charge is -2.12. The molecule has 0 saturated carbocycles. The van der Waals surface area contributed by atoms with Crippen molar-refractivity contribution in [2.24, 2.45) is 0 Å². The zero-order valence-corrected chi connectivity index (χ0v) is 12.7. The van der Waals surface area contributed by atoms with Crippen LogP contribution >= 0.6 is 11.6 Å². The molecular formula is C16H15ClO4. The summed E-state index contributed by atoms with van der Waals surface area (Å²) in [4.78, 5) is 24.2. The fourth-order valence-corrected chi connectivity index (χ4v) is 2.09. The lowest BCUT2D eigenvalue weighted by molar-refractivity contribution is 0.0317. The van der Waals surface area contributed by atoms with Gasteiger partial charge in [-0.15, -0.1) is 0 Å². The molecule has 0 aliphatic heterocycles. The molecule has 0 radical (unpaired) electrons. The Morgan fingerprint density at radius 3 is 2.33 bits per heavy atom. The van der Waals surface area contributed by atoms with Crippen molar-refractivity contribution in [3.05, 3.63) is 58.0 Å². The first-order valence-electron chi connectivity index (χ1n) is 6.46. The molecule has 4 nitrogen and oxygen atoms in total. The number of benzene rings is 1. The minimum atomic E-state index is -0.881. The smallest absolute Gasteiger partial charge is 0.342 e. The number of aryl methyl sites for hydroxylation is 2. The van der Waals surface area contributed by atoms with Crippen LogP contribution in [0.15, 0.2) is 34.7 Å². The van der Waals surface area contributed by atoms with Crippen molar-refractivity contribution >= 4 is 23.4 Å². The van der Waals surface area contributed by atoms with Crippen LogP contribution in [0.2, 0.25) is 5.02 Å². The topological polar surface area (TPSA) is 56.5 Å². The molecule has 0 spiro atoms. The molecule has 1 aromatic heterocycles. The fraction of sp³-hybridized carbons (Fsp3) is 0.250. The number of esters is 1. The molecule has 0 bridgehead atoms. The summed E-state index contributed by atoms with van der Waals surface area (Å²) in [5, 5.41) is 0.542. The van der Waals surface area contributed by atoms with E-state index in [9.17, 15) is 9.59 Å². The molecule has 1 atom stereocenters. The molecule has 1 aromatic carbocycles. The van der Waals surface area contributed by atoms with Gasteiger partial charge in [-0.3, -0.25) is 4.79 Å². The van der Waals surface area contributed by atoms with Crippen LogP contribution in [-0.4, -0.2) is 17.9 Å². The Bertz CT molecular complexity index is 670. The predicted octanol–water partition coefficient (Wildman–Crippen LogP) is 3.98. The van der Waals surface area contributed by atoms with Crippen molar-refractivity contribution in [3.8, 4) is 0 Å². The van der Waals surface area contributed by atoms with Crippen molar-refractivity contribution in [2.45, 2.75) is 26.9 Å². The van der Waals surface area contributed by atoms with E-state index in [1.165, 1.54) is 6.92 Å². The number of hydrogen-bond donors (Lipinski definition) is 0. The fourth-order valence-electron chi connectivity index (χ4n) is 1.96. The number of rotatable bonds is 4. The molecule has 0 amide bonds. The van der Waals surface area contributed by atoms with E-state index in [1.807, 2.05) is 0 Å². The minimum Gasteiger partial charge on any atom is -0.466 e. The summed E-state index contributed by atoms with van der Waals surface area (Å²) in [6.07, 6.45) is -0.881. The highest BCUT2D eigenvalue weighted by molar-refractivity contribution is 6.30. The largest absolute Gasteiger partial charge is 0.466 e. The van der Waals surface area contributed by atoms with Gasteiger partial charge in [0.2, 0.25) is 5.78 Å². The number of ether oxygens (including phenoxy) is 1. The van der Waals surface area contributed by atoms with Crippen molar-refractivity contribution in [3.63, 3.8) is 0 Å². The quantitative estimate of drug-likeness (QED) is 0.633. The molecule has 21 heavy (non-hydrogen) atoms. The lowest BCUT2D eigenvalue weighted by Crippen LogP contribution is -2.24. The van der Waals surface area contributed by atoms with Crippen molar-refractivity contribution in [1.29, 1.82) is 0 Å². The van der Waals surface area contributed by atoms with Crippen molar-refractivity contribution in [1.82, 2.24) is 0 Å². The van der Waals surface area contributed by atoms with Crippen LogP contribution in [0.4, 0.5) is 0 Å². The number of carbonyl (C=O) groups excluding carboxylic acids is 2. The van der Waals surface area contributed by atoms with Crippen LogP contribution < -0.4 is 0 Å². The molecule has 0 N–H and O–H groups in total. The van der Waals surface area contributed by atoms with Gasteiger partial charge in [0, 0.05) is 10.6 Å². The van der Waals surface area contributed by atoms with Gasteiger partial charge < -0.3 is 9.15 Å². The first-order chi connectivity index (χ1) is 9.88. The highest BCUT2D eigenvalue weighted by atomic mass is 35.5. The van der Waals surface area contributed by atoms with Crippen LogP contribution in [0.1, 0.15) is 39.2 Å². The molecule has 1 heterocycles. The molecule has 2 aromatic rings. The van der Waals surface area contributed by atoms with Crippen LogP contribution in [0.5, 0.6) is 0 Å². The summed E-state index contributed by atoms with van der Waals surface area (Å²) in [5.41, 5.74) is 0.781. The summed E-state index contributed by atoms with van der Waals surface area (Å²) < 4.78 is 10.5. The van der Waals surface area contributed by atoms with Gasteiger partial charge in [0.05, 0.1) is 0 Å². The molecule has 0 aliphatic carbocycles. The van der Waals surface area contributed by atoms with Gasteiger partial charge in [0.15, 0.2) is 6.10 Å². The van der Waals surface area contributed by atoms with Crippen molar-refractivity contribution < 1.29 is 18.7 Å². The van der Waals surface area contributed by atoms with Gasteiger partial charge in [-0.25, -0.2) is 4.79 Å². The third-order valence-corrected chi connectivity index (χ3v) is 3.29. The zero-order valence-electron chi connectivity index (χ0n) is 12.0. The Kier molecular flexibility index (Phi) is 4.48. The van der Waals surface area contributed by atoms with Gasteiger partial charge >= 0.3 is 5.97 Å². The van der Waals surface area contributed by atoms with Gasteiger partial charge in [-0.2, -0.15) is 0 Å². The molecule has 0 fully saturated rings. The molecule has 110 valence electrons. The Hall–Kier alpha value is -2.07. The Morgan fingerprint density at radius 1 is 1.19 bits per heavy atom. The van der Waals surface area contributed by atoms with Gasteiger partial charge in [0.25, 0.3) is 0 Å². The highest BCUT2D eigenvalue weighted by Gasteiger charge is 2.22. The molecule has 0 unspecified atom stereocenters. The molecule has 2 rings (SSSR count). The molecule has 5 heteroatoms. The number of ketones is 1. The second-order valence-corrected chi connectivity index (χ2v) is 5.18. The van der Waals surface area contributed by atoms with E-state index in [2.05, 4.69) is 0 Å². The minimum absolute atomic E-state index is 0.280. The lowest BCUT2D eigenvalue weighted by atomic mass is 10.1. The SMILES string of the molecule is Cc1cc(C(=O)O[C@@H](C)C(=O)c2ccc(Cl)cc2)c(C)o1. The van der Waals surface area contributed by atoms with Crippen LogP contribution in [-0.2, 0) is 4.74 Å². The normalized spacial score (nSPS) is 12.0. The summed E-state index contributed by atoms with van der Waals surface area (Å²) in [6, 6.07) is 8.03. The van der Waals surface area contributed by atoms with E-state index in [-0.39, 0.29) is 5.78 Å². The van der Waals surface area contributed by atoms with E-state index >= 15 is 0 Å². The van der Waals surface area contributed by atoms with Gasteiger partial charge in [-0.1, -0.05) is 11.6 Å². The number of carbonyl (C=O) groups is 2. The maximum absolute atomic E-state index is 12.2. The van der Waals surface area contributed by atoms with Crippen LogP contribution in [0, 0.1) is 13.8 Å². The average Bonchev–Trinajstić information content (AvgIpc) is 2.77. The molecule has 0 aliphatic rings. The van der Waals surface area contributed by atoms with E-state index in [0.717, 1.165) is 0 Å². The molecular weight excluding hydrogens is 292 g/mol. The van der Waals surface area contributed by atoms with Crippen molar-refractivity contribution in [2.75, 3.05) is 0 Å². The number of Topliss-reactive ketones (excluding diaryl/α,β-unsaturated/α-hetero) is 1.